The van der Waals surface area contributed by atoms with Crippen molar-refractivity contribution in [3.8, 4) is 0 Å². The molecule has 2 aliphatic heterocycles. The molecule has 2 saturated heterocycles. The van der Waals surface area contributed by atoms with Crippen molar-refractivity contribution in [3.05, 3.63) is 0 Å². The Morgan fingerprint density at radius 1 is 1.30 bits per heavy atom. The first-order valence-corrected chi connectivity index (χ1v) is 7.79. The van der Waals surface area contributed by atoms with Crippen molar-refractivity contribution < 1.29 is 9.47 Å². The molecule has 0 spiro atoms. The molecular formula is C15H27N3O2. The molecular weight excluding hydrogens is 254 g/mol. The Bertz CT molecular complexity index is 377. The number of fused-ring (bicyclic) bond motifs is 1. The van der Waals surface area contributed by atoms with Gasteiger partial charge in [-0.3, -0.25) is 4.99 Å². The molecule has 3 fully saturated rings. The molecule has 0 aromatic rings. The lowest BCUT2D eigenvalue weighted by Gasteiger charge is -2.54. The van der Waals surface area contributed by atoms with Crippen LogP contribution in [0.3, 0.4) is 0 Å². The Labute approximate surface area is 121 Å². The van der Waals surface area contributed by atoms with Crippen molar-refractivity contribution in [2.45, 2.75) is 38.8 Å². The number of nitrogens with one attached hydrogen (secondary N) is 2. The van der Waals surface area contributed by atoms with E-state index >= 15 is 0 Å². The summed E-state index contributed by atoms with van der Waals surface area (Å²) in [5.41, 5.74) is 0.190. The van der Waals surface area contributed by atoms with Gasteiger partial charge in [0, 0.05) is 50.1 Å². The van der Waals surface area contributed by atoms with Gasteiger partial charge in [-0.2, -0.15) is 0 Å². The van der Waals surface area contributed by atoms with Gasteiger partial charge in [0.25, 0.3) is 0 Å². The minimum absolute atomic E-state index is 0.190. The molecule has 2 N–H and O–H groups in total. The highest BCUT2D eigenvalue weighted by Gasteiger charge is 2.59. The fourth-order valence-electron chi connectivity index (χ4n) is 3.94. The molecule has 4 unspecified atom stereocenters. The summed E-state index contributed by atoms with van der Waals surface area (Å²) in [7, 11) is 1.84. The van der Waals surface area contributed by atoms with Crippen molar-refractivity contribution in [3.63, 3.8) is 0 Å². The zero-order valence-electron chi connectivity index (χ0n) is 12.8. The van der Waals surface area contributed by atoms with Crippen LogP contribution in [0.5, 0.6) is 0 Å². The number of ether oxygens (including phenoxy) is 2. The Morgan fingerprint density at radius 3 is 2.85 bits per heavy atom. The van der Waals surface area contributed by atoms with Crippen molar-refractivity contribution >= 4 is 5.96 Å². The number of hydrogen-bond donors (Lipinski definition) is 2. The van der Waals surface area contributed by atoms with Crippen molar-refractivity contribution in [2.75, 3.05) is 33.4 Å². The summed E-state index contributed by atoms with van der Waals surface area (Å²) in [4.78, 5) is 4.36. The van der Waals surface area contributed by atoms with E-state index in [-0.39, 0.29) is 5.41 Å². The van der Waals surface area contributed by atoms with Gasteiger partial charge in [0.2, 0.25) is 0 Å². The first-order chi connectivity index (χ1) is 9.63. The molecule has 114 valence electrons. The SMILES string of the molecule is CN=C(NCC1CCOC1)NC1C2CCOC2C1(C)C. The Morgan fingerprint density at radius 2 is 2.15 bits per heavy atom. The second kappa shape index (κ2) is 5.53. The first kappa shape index (κ1) is 14.1. The average Bonchev–Trinajstić information content (AvgIpc) is 3.08. The predicted octanol–water partition coefficient (Wildman–Crippen LogP) is 1.00. The highest BCUT2D eigenvalue weighted by Crippen LogP contribution is 2.52. The van der Waals surface area contributed by atoms with E-state index in [2.05, 4.69) is 29.5 Å². The van der Waals surface area contributed by atoms with Crippen LogP contribution >= 0.6 is 0 Å². The maximum absolute atomic E-state index is 5.84. The normalized spacial score (nSPS) is 39.2. The van der Waals surface area contributed by atoms with E-state index in [1.54, 1.807) is 0 Å². The summed E-state index contributed by atoms with van der Waals surface area (Å²) in [6.07, 6.45) is 2.73. The van der Waals surface area contributed by atoms with Crippen LogP contribution in [0.4, 0.5) is 0 Å². The Balaban J connectivity index is 1.52. The molecule has 4 atom stereocenters. The van der Waals surface area contributed by atoms with Crippen LogP contribution in [-0.2, 0) is 9.47 Å². The molecule has 5 nitrogen and oxygen atoms in total. The summed E-state index contributed by atoms with van der Waals surface area (Å²) in [5.74, 6) is 2.17. The molecule has 2 heterocycles. The highest BCUT2D eigenvalue weighted by molar-refractivity contribution is 5.80. The summed E-state index contributed by atoms with van der Waals surface area (Å²) in [6.45, 7) is 8.19. The largest absolute Gasteiger partial charge is 0.381 e. The third kappa shape index (κ3) is 2.42. The third-order valence-electron chi connectivity index (χ3n) is 5.20. The van der Waals surface area contributed by atoms with E-state index in [4.69, 9.17) is 9.47 Å². The van der Waals surface area contributed by atoms with Crippen LogP contribution in [0.1, 0.15) is 26.7 Å². The lowest BCUT2D eigenvalue weighted by molar-refractivity contribution is -0.106. The summed E-state index contributed by atoms with van der Waals surface area (Å²) in [5, 5.41) is 7.05. The van der Waals surface area contributed by atoms with E-state index in [9.17, 15) is 0 Å². The molecule has 0 aromatic carbocycles. The predicted molar refractivity (Wildman–Crippen MR) is 78.8 cm³/mol. The van der Waals surface area contributed by atoms with Crippen molar-refractivity contribution in [1.29, 1.82) is 0 Å². The van der Waals surface area contributed by atoms with Gasteiger partial charge in [0.15, 0.2) is 5.96 Å². The number of aliphatic imine (C=N–C) groups is 1. The number of nitrogens with zero attached hydrogens (tertiary/aromatic N) is 1. The van der Waals surface area contributed by atoms with Gasteiger partial charge in [-0.1, -0.05) is 13.8 Å². The van der Waals surface area contributed by atoms with Crippen LogP contribution in [0, 0.1) is 17.3 Å². The van der Waals surface area contributed by atoms with E-state index in [0.29, 0.717) is 24.0 Å². The lowest BCUT2D eigenvalue weighted by Crippen LogP contribution is -2.68. The van der Waals surface area contributed by atoms with Gasteiger partial charge in [-0.05, 0) is 12.8 Å². The topological polar surface area (TPSA) is 54.9 Å². The monoisotopic (exact) mass is 281 g/mol. The van der Waals surface area contributed by atoms with Gasteiger partial charge < -0.3 is 20.1 Å². The molecule has 0 amide bonds. The van der Waals surface area contributed by atoms with Crippen molar-refractivity contribution in [2.24, 2.45) is 22.2 Å². The zero-order valence-corrected chi connectivity index (χ0v) is 12.8. The zero-order chi connectivity index (χ0) is 14.2. The van der Waals surface area contributed by atoms with E-state index < -0.39 is 0 Å². The molecule has 20 heavy (non-hydrogen) atoms. The smallest absolute Gasteiger partial charge is 0.191 e. The number of rotatable bonds is 3. The Hall–Kier alpha value is -0.810. The van der Waals surface area contributed by atoms with Gasteiger partial charge in [0.05, 0.1) is 12.7 Å². The molecule has 0 bridgehead atoms. The Kier molecular flexibility index (Phi) is 3.91. The molecule has 1 aliphatic carbocycles. The number of hydrogen-bond acceptors (Lipinski definition) is 3. The van der Waals surface area contributed by atoms with Crippen LogP contribution in [0.2, 0.25) is 0 Å². The van der Waals surface area contributed by atoms with Gasteiger partial charge in [0.1, 0.15) is 0 Å². The van der Waals surface area contributed by atoms with Crippen LogP contribution in [0.25, 0.3) is 0 Å². The fourth-order valence-corrected chi connectivity index (χ4v) is 3.94. The molecule has 1 saturated carbocycles. The fraction of sp³-hybridized carbons (Fsp3) is 0.933. The molecule has 3 aliphatic rings. The van der Waals surface area contributed by atoms with E-state index in [1.807, 2.05) is 7.05 Å². The number of guanidine groups is 1. The van der Waals surface area contributed by atoms with Crippen LogP contribution < -0.4 is 10.6 Å². The quantitative estimate of drug-likeness (QED) is 0.599. The van der Waals surface area contributed by atoms with Gasteiger partial charge >= 0.3 is 0 Å². The summed E-state index contributed by atoms with van der Waals surface area (Å²) < 4.78 is 11.2. The van der Waals surface area contributed by atoms with Crippen LogP contribution in [0.15, 0.2) is 4.99 Å². The van der Waals surface area contributed by atoms with Gasteiger partial charge in [-0.25, -0.2) is 0 Å². The second-order valence-corrected chi connectivity index (χ2v) is 6.87. The maximum Gasteiger partial charge on any atom is 0.191 e. The minimum Gasteiger partial charge on any atom is -0.381 e. The van der Waals surface area contributed by atoms with E-state index in [0.717, 1.165) is 38.7 Å². The van der Waals surface area contributed by atoms with E-state index in [1.165, 1.54) is 6.42 Å². The maximum atomic E-state index is 5.84. The third-order valence-corrected chi connectivity index (χ3v) is 5.20. The highest BCUT2D eigenvalue weighted by atomic mass is 16.5. The second-order valence-electron chi connectivity index (χ2n) is 6.87. The summed E-state index contributed by atoms with van der Waals surface area (Å²) >= 11 is 0. The molecule has 0 aromatic heterocycles. The molecule has 0 radical (unpaired) electrons. The van der Waals surface area contributed by atoms with Crippen molar-refractivity contribution in [1.82, 2.24) is 10.6 Å². The lowest BCUT2D eigenvalue weighted by atomic mass is 9.57. The molecule has 5 heteroatoms. The summed E-state index contributed by atoms with van der Waals surface area (Å²) in [6, 6.07) is 0.459. The van der Waals surface area contributed by atoms with Gasteiger partial charge in [-0.15, -0.1) is 0 Å². The molecule has 3 rings (SSSR count). The minimum atomic E-state index is 0.190. The van der Waals surface area contributed by atoms with Crippen LogP contribution in [-0.4, -0.2) is 51.5 Å². The average molecular weight is 281 g/mol. The standard InChI is InChI=1S/C15H27N3O2/c1-15(2)12(11-5-7-20-13(11)15)18-14(16-3)17-8-10-4-6-19-9-10/h10-13H,4-9H2,1-3H3,(H2,16,17,18). The first-order valence-electron chi connectivity index (χ1n) is 7.79.